The van der Waals surface area contributed by atoms with E-state index in [0.717, 1.165) is 12.1 Å². The van der Waals surface area contributed by atoms with E-state index in [4.69, 9.17) is 12.2 Å². The van der Waals surface area contributed by atoms with E-state index in [1.165, 1.54) is 4.90 Å². The van der Waals surface area contributed by atoms with Gasteiger partial charge in [-0.1, -0.05) is 12.1 Å². The molecule has 0 aliphatic rings. The molecule has 0 fully saturated rings. The number of para-hydroxylation sites is 1. The molecule has 0 aliphatic carbocycles. The average Bonchev–Trinajstić information content (AvgIpc) is 2.41. The smallest absolute Gasteiger partial charge is 0.262 e. The summed E-state index contributed by atoms with van der Waals surface area (Å²) in [6.45, 7) is 10.4. The third kappa shape index (κ3) is 3.41. The third-order valence-electron chi connectivity index (χ3n) is 4.00. The van der Waals surface area contributed by atoms with Crippen LogP contribution in [0.15, 0.2) is 29.1 Å². The standard InChI is InChI=1S/C16H23N3OS/c1-11(2)18(12(3)4)9-10-19-15(20)13-7-5-6-8-14(13)17-16(19)21/h5-8,11-12H,9-10H2,1-4H3,(H,17,21)/p+1. The highest BCUT2D eigenvalue weighted by Gasteiger charge is 2.17. The molecule has 0 radical (unpaired) electrons. The number of hydrogen-bond acceptors (Lipinski definition) is 2. The molecule has 1 heterocycles. The van der Waals surface area contributed by atoms with E-state index in [2.05, 4.69) is 32.7 Å². The summed E-state index contributed by atoms with van der Waals surface area (Å²) in [7, 11) is 0. The van der Waals surface area contributed by atoms with E-state index in [1.807, 2.05) is 24.3 Å². The number of aromatic nitrogens is 2. The molecule has 0 amide bonds. The fraction of sp³-hybridized carbons (Fsp3) is 0.500. The Bertz CT molecular complexity index is 722. The van der Waals surface area contributed by atoms with Gasteiger partial charge in [-0.05, 0) is 52.0 Å². The van der Waals surface area contributed by atoms with Crippen LogP contribution in [0, 0.1) is 4.77 Å². The van der Waals surface area contributed by atoms with Crippen molar-refractivity contribution < 1.29 is 4.90 Å². The lowest BCUT2D eigenvalue weighted by atomic mass is 10.2. The summed E-state index contributed by atoms with van der Waals surface area (Å²) in [5.41, 5.74) is 0.807. The predicted octanol–water partition coefficient (Wildman–Crippen LogP) is 1.76. The molecule has 114 valence electrons. The second kappa shape index (κ2) is 6.54. The van der Waals surface area contributed by atoms with Crippen LogP contribution in [0.25, 0.3) is 10.9 Å². The van der Waals surface area contributed by atoms with Gasteiger partial charge < -0.3 is 9.88 Å². The van der Waals surface area contributed by atoms with Crippen LogP contribution in [0.2, 0.25) is 0 Å². The minimum atomic E-state index is 0.00112. The quantitative estimate of drug-likeness (QED) is 0.827. The van der Waals surface area contributed by atoms with Crippen molar-refractivity contribution in [2.75, 3.05) is 6.54 Å². The number of aromatic amines is 1. The van der Waals surface area contributed by atoms with Gasteiger partial charge in [-0.15, -0.1) is 0 Å². The Morgan fingerprint density at radius 1 is 1.19 bits per heavy atom. The number of benzene rings is 1. The first-order valence-corrected chi connectivity index (χ1v) is 7.90. The van der Waals surface area contributed by atoms with Crippen molar-refractivity contribution in [3.63, 3.8) is 0 Å². The Morgan fingerprint density at radius 2 is 1.81 bits per heavy atom. The van der Waals surface area contributed by atoms with Gasteiger partial charge in [-0.2, -0.15) is 0 Å². The van der Waals surface area contributed by atoms with Crippen LogP contribution in [-0.4, -0.2) is 28.2 Å². The summed E-state index contributed by atoms with van der Waals surface area (Å²) in [5, 5.41) is 0.696. The molecule has 1 aromatic carbocycles. The summed E-state index contributed by atoms with van der Waals surface area (Å²) in [6, 6.07) is 8.56. The predicted molar refractivity (Wildman–Crippen MR) is 89.5 cm³/mol. The molecule has 0 unspecified atom stereocenters. The fourth-order valence-electron chi connectivity index (χ4n) is 2.89. The van der Waals surface area contributed by atoms with Crippen LogP contribution < -0.4 is 10.5 Å². The fourth-order valence-corrected chi connectivity index (χ4v) is 3.17. The summed E-state index contributed by atoms with van der Waals surface area (Å²) < 4.78 is 2.19. The van der Waals surface area contributed by atoms with Gasteiger partial charge >= 0.3 is 0 Å². The van der Waals surface area contributed by atoms with Crippen LogP contribution in [0.1, 0.15) is 27.7 Å². The molecule has 1 aromatic heterocycles. The number of H-pyrrole nitrogens is 1. The van der Waals surface area contributed by atoms with Crippen LogP contribution in [0.4, 0.5) is 0 Å². The summed E-state index contributed by atoms with van der Waals surface area (Å²) in [6.07, 6.45) is 0. The molecular formula is C16H24N3OS+. The van der Waals surface area contributed by atoms with E-state index in [0.29, 0.717) is 28.8 Å². The van der Waals surface area contributed by atoms with Gasteiger partial charge in [-0.25, -0.2) is 0 Å². The molecule has 0 saturated carbocycles. The first-order valence-electron chi connectivity index (χ1n) is 7.49. The first kappa shape index (κ1) is 15.9. The molecule has 4 nitrogen and oxygen atoms in total. The first-order chi connectivity index (χ1) is 9.91. The van der Waals surface area contributed by atoms with Crippen LogP contribution in [0.3, 0.4) is 0 Å². The summed E-state index contributed by atoms with van der Waals surface area (Å²) in [5.74, 6) is 0. The molecular weight excluding hydrogens is 282 g/mol. The topological polar surface area (TPSA) is 42.2 Å². The third-order valence-corrected chi connectivity index (χ3v) is 4.32. The van der Waals surface area contributed by atoms with Crippen molar-refractivity contribution in [3.8, 4) is 0 Å². The van der Waals surface area contributed by atoms with Crippen molar-refractivity contribution >= 4 is 23.1 Å². The van der Waals surface area contributed by atoms with E-state index >= 15 is 0 Å². The van der Waals surface area contributed by atoms with E-state index in [1.54, 1.807) is 4.57 Å². The van der Waals surface area contributed by atoms with Gasteiger partial charge in [0, 0.05) is 0 Å². The van der Waals surface area contributed by atoms with E-state index in [-0.39, 0.29) is 5.56 Å². The van der Waals surface area contributed by atoms with Crippen LogP contribution >= 0.6 is 12.2 Å². The lowest BCUT2D eigenvalue weighted by molar-refractivity contribution is -0.942. The molecule has 0 aliphatic heterocycles. The number of nitrogens with zero attached hydrogens (tertiary/aromatic N) is 1. The van der Waals surface area contributed by atoms with Gasteiger partial charge in [0.05, 0.1) is 36.1 Å². The molecule has 5 heteroatoms. The molecule has 2 rings (SSSR count). The normalized spacial score (nSPS) is 12.0. The lowest BCUT2D eigenvalue weighted by Gasteiger charge is -2.27. The lowest BCUT2D eigenvalue weighted by Crippen LogP contribution is -3.18. The van der Waals surface area contributed by atoms with Crippen molar-refractivity contribution in [3.05, 3.63) is 39.4 Å². The number of nitrogens with one attached hydrogen (secondary N) is 2. The average molecular weight is 306 g/mol. The van der Waals surface area contributed by atoms with Crippen LogP contribution in [0.5, 0.6) is 0 Å². The SMILES string of the molecule is CC(C)[NH+](CCn1c(=S)[nH]c2ccccc2c1=O)C(C)C. The molecule has 0 atom stereocenters. The summed E-state index contributed by atoms with van der Waals surface area (Å²) >= 11 is 5.35. The molecule has 21 heavy (non-hydrogen) atoms. The number of hydrogen-bond donors (Lipinski definition) is 2. The Labute approximate surface area is 130 Å². The van der Waals surface area contributed by atoms with Gasteiger partial charge in [0.25, 0.3) is 5.56 Å². The zero-order valence-corrected chi connectivity index (χ0v) is 14.0. The Hall–Kier alpha value is -1.46. The molecule has 0 spiro atoms. The van der Waals surface area contributed by atoms with Gasteiger partial charge in [0.2, 0.25) is 0 Å². The number of fused-ring (bicyclic) bond motifs is 1. The van der Waals surface area contributed by atoms with Crippen LogP contribution in [-0.2, 0) is 6.54 Å². The Kier molecular flexibility index (Phi) is 4.96. The molecule has 2 aromatic rings. The van der Waals surface area contributed by atoms with Crippen molar-refractivity contribution in [2.45, 2.75) is 46.3 Å². The summed E-state index contributed by atoms with van der Waals surface area (Å²) in [4.78, 5) is 17.2. The van der Waals surface area contributed by atoms with Crippen molar-refractivity contribution in [1.29, 1.82) is 0 Å². The second-order valence-corrected chi connectivity index (χ2v) is 6.45. The minimum absolute atomic E-state index is 0.00112. The van der Waals surface area contributed by atoms with Gasteiger partial charge in [-0.3, -0.25) is 9.36 Å². The van der Waals surface area contributed by atoms with E-state index < -0.39 is 0 Å². The zero-order chi connectivity index (χ0) is 15.6. The molecule has 2 N–H and O–H groups in total. The highest BCUT2D eigenvalue weighted by molar-refractivity contribution is 7.71. The molecule has 0 saturated heterocycles. The molecule has 0 bridgehead atoms. The van der Waals surface area contributed by atoms with Crippen molar-refractivity contribution in [1.82, 2.24) is 9.55 Å². The monoisotopic (exact) mass is 306 g/mol. The van der Waals surface area contributed by atoms with Gasteiger partial charge in [0.1, 0.15) is 0 Å². The van der Waals surface area contributed by atoms with Crippen molar-refractivity contribution in [2.24, 2.45) is 0 Å². The largest absolute Gasteiger partial charge is 0.332 e. The number of rotatable bonds is 5. The Morgan fingerprint density at radius 3 is 2.43 bits per heavy atom. The maximum Gasteiger partial charge on any atom is 0.262 e. The number of quaternary nitrogens is 1. The zero-order valence-electron chi connectivity index (χ0n) is 13.1. The minimum Gasteiger partial charge on any atom is -0.332 e. The maximum atomic E-state index is 12.6. The maximum absolute atomic E-state index is 12.6. The van der Waals surface area contributed by atoms with Gasteiger partial charge in [0.15, 0.2) is 4.77 Å². The van der Waals surface area contributed by atoms with E-state index in [9.17, 15) is 4.79 Å². The highest BCUT2D eigenvalue weighted by atomic mass is 32.1. The Balaban J connectivity index is 2.35. The second-order valence-electron chi connectivity index (χ2n) is 6.07. The highest BCUT2D eigenvalue weighted by Crippen LogP contribution is 2.05.